The van der Waals surface area contributed by atoms with Crippen LogP contribution in [0.25, 0.3) is 0 Å². The molecule has 2 atom stereocenters. The minimum atomic E-state index is 0.452. The van der Waals surface area contributed by atoms with Gasteiger partial charge in [0.25, 0.3) is 0 Å². The standard InChI is InChI=1S/C16H31NO/c1-3-17-15(13-9-7-8-10-13)16(18-2)14-11-5-4-6-12-14/h13-17H,3-12H2,1-2H3. The SMILES string of the molecule is CCNC(C1CCCC1)C(OC)C1CCCCC1. The van der Waals surface area contributed by atoms with Gasteiger partial charge in [0, 0.05) is 13.2 Å². The molecule has 0 aromatic rings. The maximum Gasteiger partial charge on any atom is 0.0755 e. The van der Waals surface area contributed by atoms with Crippen LogP contribution < -0.4 is 5.32 Å². The van der Waals surface area contributed by atoms with E-state index < -0.39 is 0 Å². The number of hydrogen-bond acceptors (Lipinski definition) is 2. The van der Waals surface area contributed by atoms with Gasteiger partial charge in [0.1, 0.15) is 0 Å². The van der Waals surface area contributed by atoms with Crippen LogP contribution in [0, 0.1) is 11.8 Å². The maximum atomic E-state index is 5.95. The van der Waals surface area contributed by atoms with E-state index in [-0.39, 0.29) is 0 Å². The predicted molar refractivity (Wildman–Crippen MR) is 76.8 cm³/mol. The molecule has 2 heteroatoms. The van der Waals surface area contributed by atoms with Gasteiger partial charge in [0.05, 0.1) is 6.10 Å². The maximum absolute atomic E-state index is 5.95. The Bertz CT molecular complexity index is 219. The lowest BCUT2D eigenvalue weighted by molar-refractivity contribution is -0.00673. The van der Waals surface area contributed by atoms with Gasteiger partial charge in [-0.3, -0.25) is 0 Å². The number of ether oxygens (including phenoxy) is 1. The molecule has 0 aromatic carbocycles. The zero-order valence-corrected chi connectivity index (χ0v) is 12.3. The minimum Gasteiger partial charge on any atom is -0.380 e. The summed E-state index contributed by atoms with van der Waals surface area (Å²) in [4.78, 5) is 0. The van der Waals surface area contributed by atoms with Gasteiger partial charge in [-0.15, -0.1) is 0 Å². The highest BCUT2D eigenvalue weighted by atomic mass is 16.5. The van der Waals surface area contributed by atoms with Crippen molar-refractivity contribution in [3.05, 3.63) is 0 Å². The molecular weight excluding hydrogens is 222 g/mol. The van der Waals surface area contributed by atoms with E-state index in [1.165, 1.54) is 57.8 Å². The average Bonchev–Trinajstić information content (AvgIpc) is 2.93. The molecule has 0 amide bonds. The van der Waals surface area contributed by atoms with Crippen LogP contribution in [0.2, 0.25) is 0 Å². The summed E-state index contributed by atoms with van der Waals surface area (Å²) in [5.41, 5.74) is 0. The summed E-state index contributed by atoms with van der Waals surface area (Å²) in [6.45, 7) is 3.31. The molecule has 2 saturated carbocycles. The molecule has 18 heavy (non-hydrogen) atoms. The summed E-state index contributed by atoms with van der Waals surface area (Å²) in [7, 11) is 1.93. The molecule has 2 aliphatic rings. The van der Waals surface area contributed by atoms with Crippen LogP contribution in [0.5, 0.6) is 0 Å². The van der Waals surface area contributed by atoms with Crippen molar-refractivity contribution in [3.63, 3.8) is 0 Å². The van der Waals surface area contributed by atoms with Crippen molar-refractivity contribution < 1.29 is 4.74 Å². The lowest BCUT2D eigenvalue weighted by Crippen LogP contribution is -2.49. The molecular formula is C16H31NO. The monoisotopic (exact) mass is 253 g/mol. The van der Waals surface area contributed by atoms with Crippen LogP contribution >= 0.6 is 0 Å². The molecule has 0 aliphatic heterocycles. The molecule has 0 aromatic heterocycles. The third-order valence-electron chi connectivity index (χ3n) is 5.09. The first-order valence-electron chi connectivity index (χ1n) is 8.13. The van der Waals surface area contributed by atoms with E-state index in [4.69, 9.17) is 4.74 Å². The first-order chi connectivity index (χ1) is 8.86. The highest BCUT2D eigenvalue weighted by Crippen LogP contribution is 2.35. The Labute approximate surface area is 113 Å². The van der Waals surface area contributed by atoms with Crippen molar-refractivity contribution >= 4 is 0 Å². The molecule has 2 fully saturated rings. The predicted octanol–water partition coefficient (Wildman–Crippen LogP) is 3.75. The summed E-state index contributed by atoms with van der Waals surface area (Å²) in [6.07, 6.45) is 13.1. The zero-order chi connectivity index (χ0) is 12.8. The lowest BCUT2D eigenvalue weighted by Gasteiger charge is -2.38. The Kier molecular flexibility index (Phi) is 5.97. The summed E-state index contributed by atoms with van der Waals surface area (Å²) < 4.78 is 5.95. The Morgan fingerprint density at radius 3 is 2.06 bits per heavy atom. The fourth-order valence-electron chi connectivity index (χ4n) is 4.20. The van der Waals surface area contributed by atoms with Gasteiger partial charge in [-0.2, -0.15) is 0 Å². The van der Waals surface area contributed by atoms with Gasteiger partial charge < -0.3 is 10.1 Å². The number of methoxy groups -OCH3 is 1. The second-order valence-electron chi connectivity index (χ2n) is 6.23. The van der Waals surface area contributed by atoms with E-state index in [0.717, 1.165) is 18.4 Å². The largest absolute Gasteiger partial charge is 0.380 e. The third kappa shape index (κ3) is 3.48. The van der Waals surface area contributed by atoms with Gasteiger partial charge in [0.2, 0.25) is 0 Å². The van der Waals surface area contributed by atoms with Crippen molar-refractivity contribution in [2.75, 3.05) is 13.7 Å². The van der Waals surface area contributed by atoms with Crippen molar-refractivity contribution in [3.8, 4) is 0 Å². The second-order valence-corrected chi connectivity index (χ2v) is 6.23. The molecule has 0 heterocycles. The highest BCUT2D eigenvalue weighted by molar-refractivity contribution is 4.90. The first-order valence-corrected chi connectivity index (χ1v) is 8.13. The van der Waals surface area contributed by atoms with E-state index in [0.29, 0.717) is 12.1 Å². The Morgan fingerprint density at radius 2 is 1.50 bits per heavy atom. The number of rotatable bonds is 6. The average molecular weight is 253 g/mol. The Morgan fingerprint density at radius 1 is 0.944 bits per heavy atom. The van der Waals surface area contributed by atoms with Gasteiger partial charge in [0.15, 0.2) is 0 Å². The van der Waals surface area contributed by atoms with Gasteiger partial charge in [-0.25, -0.2) is 0 Å². The zero-order valence-electron chi connectivity index (χ0n) is 12.3. The molecule has 0 saturated heterocycles. The van der Waals surface area contributed by atoms with Crippen LogP contribution in [0.4, 0.5) is 0 Å². The number of nitrogens with one attached hydrogen (secondary N) is 1. The molecule has 2 unspecified atom stereocenters. The topological polar surface area (TPSA) is 21.3 Å². The summed E-state index contributed by atoms with van der Waals surface area (Å²) >= 11 is 0. The van der Waals surface area contributed by atoms with Crippen LogP contribution in [0.1, 0.15) is 64.7 Å². The lowest BCUT2D eigenvalue weighted by atomic mass is 9.79. The Balaban J connectivity index is 1.99. The molecule has 2 aliphatic carbocycles. The molecule has 1 N–H and O–H groups in total. The normalized spacial score (nSPS) is 26.3. The van der Waals surface area contributed by atoms with Crippen molar-refractivity contribution in [2.45, 2.75) is 76.9 Å². The fourth-order valence-corrected chi connectivity index (χ4v) is 4.20. The molecule has 0 bridgehead atoms. The van der Waals surface area contributed by atoms with Crippen LogP contribution in [-0.4, -0.2) is 25.8 Å². The first kappa shape index (κ1) is 14.3. The van der Waals surface area contributed by atoms with Crippen molar-refractivity contribution in [1.29, 1.82) is 0 Å². The van der Waals surface area contributed by atoms with Gasteiger partial charge in [-0.1, -0.05) is 39.0 Å². The molecule has 2 nitrogen and oxygen atoms in total. The third-order valence-corrected chi connectivity index (χ3v) is 5.09. The summed E-state index contributed by atoms with van der Waals surface area (Å²) in [6, 6.07) is 0.602. The van der Waals surface area contributed by atoms with E-state index in [1.807, 2.05) is 7.11 Å². The van der Waals surface area contributed by atoms with E-state index in [9.17, 15) is 0 Å². The number of hydrogen-bond donors (Lipinski definition) is 1. The van der Waals surface area contributed by atoms with Crippen LogP contribution in [0.15, 0.2) is 0 Å². The summed E-state index contributed by atoms with van der Waals surface area (Å²) in [5.74, 6) is 1.66. The van der Waals surface area contributed by atoms with Crippen molar-refractivity contribution in [1.82, 2.24) is 5.32 Å². The second kappa shape index (κ2) is 7.49. The van der Waals surface area contributed by atoms with Crippen molar-refractivity contribution in [2.24, 2.45) is 11.8 Å². The highest BCUT2D eigenvalue weighted by Gasteiger charge is 2.35. The molecule has 2 rings (SSSR count). The molecule has 0 spiro atoms. The van der Waals surface area contributed by atoms with E-state index >= 15 is 0 Å². The van der Waals surface area contributed by atoms with Gasteiger partial charge >= 0.3 is 0 Å². The van der Waals surface area contributed by atoms with Crippen LogP contribution in [0.3, 0.4) is 0 Å². The Hall–Kier alpha value is -0.0800. The smallest absolute Gasteiger partial charge is 0.0755 e. The molecule has 106 valence electrons. The fraction of sp³-hybridized carbons (Fsp3) is 1.00. The van der Waals surface area contributed by atoms with E-state index in [2.05, 4.69) is 12.2 Å². The quantitative estimate of drug-likeness (QED) is 0.778. The minimum absolute atomic E-state index is 0.452. The van der Waals surface area contributed by atoms with E-state index in [1.54, 1.807) is 0 Å². The molecule has 0 radical (unpaired) electrons. The van der Waals surface area contributed by atoms with Gasteiger partial charge in [-0.05, 0) is 44.1 Å². The number of likely N-dealkylation sites (N-methyl/N-ethyl adjacent to an activating group) is 1. The summed E-state index contributed by atoms with van der Waals surface area (Å²) in [5, 5.41) is 3.75. The van der Waals surface area contributed by atoms with Crippen LogP contribution in [-0.2, 0) is 4.74 Å².